The molecule has 3 heterocycles. The van der Waals surface area contributed by atoms with Crippen molar-refractivity contribution in [3.63, 3.8) is 0 Å². The lowest BCUT2D eigenvalue weighted by Crippen LogP contribution is -1.98. The first-order valence-electron chi connectivity index (χ1n) is 17.3. The predicted octanol–water partition coefficient (Wildman–Crippen LogP) is 11.4. The number of hydrogen-bond acceptors (Lipinski definition) is 2. The number of nitrogens with zero attached hydrogens (tertiary/aromatic N) is 5. The van der Waals surface area contributed by atoms with Crippen molar-refractivity contribution in [2.24, 2.45) is 0 Å². The average Bonchev–Trinajstić information content (AvgIpc) is 3.87. The lowest BCUT2D eigenvalue weighted by molar-refractivity contribution is 0.766. The Kier molecular flexibility index (Phi) is 5.89. The smallest absolute Gasteiger partial charge is 0.114 e. The molecule has 11 rings (SSSR count). The molecule has 8 aromatic carbocycles. The Hall–Kier alpha value is -6.98. The van der Waals surface area contributed by atoms with Crippen molar-refractivity contribution in [1.29, 1.82) is 0 Å². The molecule has 3 aromatic heterocycles. The highest BCUT2D eigenvalue weighted by Crippen LogP contribution is 2.42. The van der Waals surface area contributed by atoms with Gasteiger partial charge >= 0.3 is 0 Å². The molecule has 5 heteroatoms. The minimum absolute atomic E-state index is 0.856. The van der Waals surface area contributed by atoms with Crippen molar-refractivity contribution < 1.29 is 0 Å². The summed E-state index contributed by atoms with van der Waals surface area (Å²) < 4.78 is 4.89. The summed E-state index contributed by atoms with van der Waals surface area (Å²) in [7, 11) is 0. The van der Waals surface area contributed by atoms with Crippen molar-refractivity contribution in [3.05, 3.63) is 176 Å². The van der Waals surface area contributed by atoms with Gasteiger partial charge in [-0.2, -0.15) is 4.80 Å². The fourth-order valence-electron chi connectivity index (χ4n) is 8.02. The third kappa shape index (κ3) is 4.15. The van der Waals surface area contributed by atoms with Crippen molar-refractivity contribution in [2.45, 2.75) is 0 Å². The maximum Gasteiger partial charge on any atom is 0.114 e. The van der Waals surface area contributed by atoms with E-state index in [0.29, 0.717) is 0 Å². The Morgan fingerprint density at radius 3 is 1.90 bits per heavy atom. The number of hydrogen-bond donors (Lipinski definition) is 0. The lowest BCUT2D eigenvalue weighted by Gasteiger charge is -2.14. The fourth-order valence-corrected chi connectivity index (χ4v) is 8.02. The highest BCUT2D eigenvalue weighted by atomic mass is 15.5. The maximum absolute atomic E-state index is 4.87. The van der Waals surface area contributed by atoms with Crippen LogP contribution in [0.1, 0.15) is 0 Å². The van der Waals surface area contributed by atoms with Gasteiger partial charge in [-0.1, -0.05) is 115 Å². The number of para-hydroxylation sites is 4. The summed E-state index contributed by atoms with van der Waals surface area (Å²) in [5.74, 6) is 0. The summed E-state index contributed by atoms with van der Waals surface area (Å²) in [5, 5.41) is 17.1. The van der Waals surface area contributed by atoms with Crippen LogP contribution in [-0.4, -0.2) is 24.1 Å². The van der Waals surface area contributed by atoms with E-state index >= 15 is 0 Å². The number of benzene rings is 8. The second-order valence-corrected chi connectivity index (χ2v) is 13.1. The first-order chi connectivity index (χ1) is 25.3. The monoisotopic (exact) mass is 651 g/mol. The molecular formula is C46H29N5. The van der Waals surface area contributed by atoms with Crippen LogP contribution in [0.4, 0.5) is 0 Å². The SMILES string of the molecule is c1ccc(-n2nc3ccc(-c4ccccc4-n4c5ccccc5c5cc6c7ccc8ccccc8c7n(-c7ccccc7)c6cc54)cc3n2)cc1. The molecule has 238 valence electrons. The average molecular weight is 652 g/mol. The second kappa shape index (κ2) is 10.8. The van der Waals surface area contributed by atoms with Gasteiger partial charge in [0.25, 0.3) is 0 Å². The number of aromatic nitrogens is 5. The van der Waals surface area contributed by atoms with E-state index in [9.17, 15) is 0 Å². The van der Waals surface area contributed by atoms with Crippen LogP contribution < -0.4 is 0 Å². The van der Waals surface area contributed by atoms with E-state index in [2.05, 4.69) is 155 Å². The molecule has 0 N–H and O–H groups in total. The quantitative estimate of drug-likeness (QED) is 0.190. The zero-order valence-corrected chi connectivity index (χ0v) is 27.5. The molecule has 0 unspecified atom stereocenters. The Labute approximate surface area is 292 Å². The van der Waals surface area contributed by atoms with Crippen LogP contribution in [0.5, 0.6) is 0 Å². The van der Waals surface area contributed by atoms with Crippen LogP contribution in [0.15, 0.2) is 176 Å². The Morgan fingerprint density at radius 1 is 0.373 bits per heavy atom. The van der Waals surface area contributed by atoms with Gasteiger partial charge in [-0.15, -0.1) is 10.2 Å². The predicted molar refractivity (Wildman–Crippen MR) is 210 cm³/mol. The van der Waals surface area contributed by atoms with E-state index in [4.69, 9.17) is 10.2 Å². The van der Waals surface area contributed by atoms with Crippen LogP contribution in [-0.2, 0) is 0 Å². The molecule has 0 aliphatic rings. The lowest BCUT2D eigenvalue weighted by atomic mass is 10.0. The van der Waals surface area contributed by atoms with E-state index in [1.807, 2.05) is 30.3 Å². The molecule has 0 saturated heterocycles. The van der Waals surface area contributed by atoms with Gasteiger partial charge in [0.1, 0.15) is 11.0 Å². The third-order valence-electron chi connectivity index (χ3n) is 10.3. The van der Waals surface area contributed by atoms with Crippen molar-refractivity contribution in [1.82, 2.24) is 24.1 Å². The molecule has 5 nitrogen and oxygen atoms in total. The minimum atomic E-state index is 0.856. The normalized spacial score (nSPS) is 11.9. The van der Waals surface area contributed by atoms with Crippen LogP contribution in [0.25, 0.3) is 93.6 Å². The summed E-state index contributed by atoms with van der Waals surface area (Å²) in [4.78, 5) is 1.72. The maximum atomic E-state index is 4.87. The fraction of sp³-hybridized carbons (Fsp3) is 0. The van der Waals surface area contributed by atoms with Gasteiger partial charge in [-0.05, 0) is 71.6 Å². The molecule has 0 fully saturated rings. The molecule has 0 amide bonds. The first kappa shape index (κ1) is 27.9. The van der Waals surface area contributed by atoms with Gasteiger partial charge in [-0.3, -0.25) is 0 Å². The zero-order chi connectivity index (χ0) is 33.5. The minimum Gasteiger partial charge on any atom is -0.309 e. The molecule has 11 aromatic rings. The molecule has 0 bridgehead atoms. The summed E-state index contributed by atoms with van der Waals surface area (Å²) >= 11 is 0. The molecule has 0 aliphatic heterocycles. The van der Waals surface area contributed by atoms with Crippen molar-refractivity contribution in [2.75, 3.05) is 0 Å². The van der Waals surface area contributed by atoms with E-state index in [-0.39, 0.29) is 0 Å². The van der Waals surface area contributed by atoms with E-state index in [1.54, 1.807) is 4.80 Å². The van der Waals surface area contributed by atoms with Gasteiger partial charge < -0.3 is 9.13 Å². The molecule has 0 atom stereocenters. The standard InChI is InChI=1S/C46H29N5/c1-3-14-32(15-4-1)49-44-29-45-38(28-39(44)37-25-23-30-13-7-8-19-35(30)46(37)49)36-20-10-12-22-43(36)50(45)42-21-11-9-18-34(42)31-24-26-40-41(27-31)48-51(47-40)33-16-5-2-6-17-33/h1-29H. The van der Waals surface area contributed by atoms with Gasteiger partial charge in [0.15, 0.2) is 0 Å². The number of fused-ring (bicyclic) bond motifs is 9. The highest BCUT2D eigenvalue weighted by molar-refractivity contribution is 6.23. The van der Waals surface area contributed by atoms with Crippen LogP contribution in [0.2, 0.25) is 0 Å². The van der Waals surface area contributed by atoms with Gasteiger partial charge in [0.2, 0.25) is 0 Å². The third-order valence-corrected chi connectivity index (χ3v) is 10.3. The van der Waals surface area contributed by atoms with Crippen molar-refractivity contribution in [3.8, 4) is 28.2 Å². The molecule has 0 spiro atoms. The van der Waals surface area contributed by atoms with Gasteiger partial charge in [-0.25, -0.2) is 0 Å². The highest BCUT2D eigenvalue weighted by Gasteiger charge is 2.21. The summed E-state index contributed by atoms with van der Waals surface area (Å²) in [6.07, 6.45) is 0. The number of rotatable bonds is 4. The van der Waals surface area contributed by atoms with E-state index in [1.165, 1.54) is 48.9 Å². The molecule has 0 aliphatic carbocycles. The van der Waals surface area contributed by atoms with Crippen molar-refractivity contribution >= 4 is 65.4 Å². The van der Waals surface area contributed by atoms with Crippen LogP contribution in [0, 0.1) is 0 Å². The first-order valence-corrected chi connectivity index (χ1v) is 17.3. The summed E-state index contributed by atoms with van der Waals surface area (Å²) in [6.45, 7) is 0. The molecular weight excluding hydrogens is 623 g/mol. The Balaban J connectivity index is 1.20. The summed E-state index contributed by atoms with van der Waals surface area (Å²) in [5.41, 5.74) is 11.9. The Morgan fingerprint density at radius 2 is 1.04 bits per heavy atom. The molecule has 0 saturated carbocycles. The van der Waals surface area contributed by atoms with E-state index < -0.39 is 0 Å². The van der Waals surface area contributed by atoms with Crippen LogP contribution >= 0.6 is 0 Å². The van der Waals surface area contributed by atoms with Crippen LogP contribution in [0.3, 0.4) is 0 Å². The molecule has 51 heavy (non-hydrogen) atoms. The second-order valence-electron chi connectivity index (χ2n) is 13.1. The zero-order valence-electron chi connectivity index (χ0n) is 27.5. The molecule has 0 radical (unpaired) electrons. The topological polar surface area (TPSA) is 40.6 Å². The van der Waals surface area contributed by atoms with Gasteiger partial charge in [0, 0.05) is 38.2 Å². The van der Waals surface area contributed by atoms with Gasteiger partial charge in [0.05, 0.1) is 33.4 Å². The summed E-state index contributed by atoms with van der Waals surface area (Å²) in [6, 6.07) is 62.8. The van der Waals surface area contributed by atoms with E-state index in [0.717, 1.165) is 44.7 Å². The largest absolute Gasteiger partial charge is 0.309 e. The Bertz CT molecular complexity index is 3130.